The lowest BCUT2D eigenvalue weighted by atomic mass is 10.1. The van der Waals surface area contributed by atoms with Crippen LogP contribution in [0.3, 0.4) is 0 Å². The van der Waals surface area contributed by atoms with Crippen LogP contribution in [0.25, 0.3) is 22.2 Å². The Morgan fingerprint density at radius 1 is 1.14 bits per heavy atom. The Morgan fingerprint density at radius 3 is 2.68 bits per heavy atom. The zero-order valence-corrected chi connectivity index (χ0v) is 16.0. The number of rotatable bonds is 5. The zero-order chi connectivity index (χ0) is 19.8. The van der Waals surface area contributed by atoms with Gasteiger partial charge >= 0.3 is 6.61 Å². The van der Waals surface area contributed by atoms with Gasteiger partial charge in [-0.15, -0.1) is 0 Å². The molecule has 4 aromatic rings. The molecule has 5 nitrogen and oxygen atoms in total. The fourth-order valence-electron chi connectivity index (χ4n) is 3.25. The summed E-state index contributed by atoms with van der Waals surface area (Å²) in [6.45, 7) is -0.721. The van der Waals surface area contributed by atoms with Crippen LogP contribution in [-0.2, 0) is 13.6 Å². The molecule has 0 saturated carbocycles. The SMILES string of the molecule is Cc1nc2ccc(-c3cnn(C)c3)cc2n1Cc1cc(Cl)ccc1OC(F)F. The smallest absolute Gasteiger partial charge is 0.387 e. The van der Waals surface area contributed by atoms with Gasteiger partial charge in [-0.2, -0.15) is 13.9 Å². The van der Waals surface area contributed by atoms with Crippen LogP contribution >= 0.6 is 11.6 Å². The molecule has 144 valence electrons. The Kier molecular flexibility index (Phi) is 4.77. The van der Waals surface area contributed by atoms with Crippen molar-refractivity contribution in [3.63, 3.8) is 0 Å². The number of hydrogen-bond donors (Lipinski definition) is 0. The van der Waals surface area contributed by atoms with Crippen molar-refractivity contribution in [2.75, 3.05) is 0 Å². The maximum Gasteiger partial charge on any atom is 0.387 e. The number of hydrogen-bond acceptors (Lipinski definition) is 3. The minimum atomic E-state index is -2.90. The third kappa shape index (κ3) is 3.57. The molecule has 8 heteroatoms. The zero-order valence-electron chi connectivity index (χ0n) is 15.2. The van der Waals surface area contributed by atoms with Gasteiger partial charge in [0, 0.05) is 29.4 Å². The van der Waals surface area contributed by atoms with Crippen LogP contribution in [0.15, 0.2) is 48.8 Å². The van der Waals surface area contributed by atoms with Crippen molar-refractivity contribution < 1.29 is 13.5 Å². The number of benzene rings is 2. The Labute approximate surface area is 165 Å². The quantitative estimate of drug-likeness (QED) is 0.469. The summed E-state index contributed by atoms with van der Waals surface area (Å²) in [5.41, 5.74) is 4.25. The van der Waals surface area contributed by atoms with Crippen molar-refractivity contribution in [3.8, 4) is 16.9 Å². The van der Waals surface area contributed by atoms with Crippen molar-refractivity contribution in [1.29, 1.82) is 0 Å². The summed E-state index contributed by atoms with van der Waals surface area (Å²) in [6.07, 6.45) is 3.72. The van der Waals surface area contributed by atoms with Gasteiger partial charge in [0.1, 0.15) is 11.6 Å². The second kappa shape index (κ2) is 7.24. The molecule has 0 saturated heterocycles. The average molecular weight is 403 g/mol. The van der Waals surface area contributed by atoms with E-state index in [2.05, 4.69) is 14.8 Å². The first-order valence-corrected chi connectivity index (χ1v) is 8.97. The third-order valence-electron chi connectivity index (χ3n) is 4.54. The molecule has 0 aliphatic heterocycles. The molecule has 0 spiro atoms. The van der Waals surface area contributed by atoms with E-state index in [1.165, 1.54) is 12.1 Å². The number of alkyl halides is 2. The van der Waals surface area contributed by atoms with Gasteiger partial charge in [-0.1, -0.05) is 17.7 Å². The first-order valence-electron chi connectivity index (χ1n) is 8.60. The fourth-order valence-corrected chi connectivity index (χ4v) is 3.44. The number of ether oxygens (including phenoxy) is 1. The minimum Gasteiger partial charge on any atom is -0.434 e. The number of imidazole rings is 1. The average Bonchev–Trinajstić information content (AvgIpc) is 3.20. The number of aryl methyl sites for hydroxylation is 2. The van der Waals surface area contributed by atoms with Crippen molar-refractivity contribution in [3.05, 3.63) is 65.2 Å². The van der Waals surface area contributed by atoms with Gasteiger partial charge in [0.15, 0.2) is 0 Å². The van der Waals surface area contributed by atoms with E-state index < -0.39 is 6.61 Å². The highest BCUT2D eigenvalue weighted by atomic mass is 35.5. The van der Waals surface area contributed by atoms with Crippen LogP contribution in [0.4, 0.5) is 8.78 Å². The summed E-state index contributed by atoms with van der Waals surface area (Å²) in [5, 5.41) is 4.66. The van der Waals surface area contributed by atoms with Gasteiger partial charge in [-0.3, -0.25) is 4.68 Å². The molecule has 2 heterocycles. The van der Waals surface area contributed by atoms with E-state index in [4.69, 9.17) is 11.6 Å². The van der Waals surface area contributed by atoms with Crippen LogP contribution in [0.2, 0.25) is 5.02 Å². The molecule has 0 atom stereocenters. The number of halogens is 3. The van der Waals surface area contributed by atoms with Crippen molar-refractivity contribution in [2.45, 2.75) is 20.1 Å². The monoisotopic (exact) mass is 402 g/mol. The van der Waals surface area contributed by atoms with Crippen LogP contribution in [0.5, 0.6) is 5.75 Å². The molecule has 0 amide bonds. The van der Waals surface area contributed by atoms with E-state index in [0.717, 1.165) is 28.0 Å². The number of nitrogens with zero attached hydrogens (tertiary/aromatic N) is 4. The molecular weight excluding hydrogens is 386 g/mol. The predicted octanol–water partition coefficient (Wildman–Crippen LogP) is 5.05. The fraction of sp³-hybridized carbons (Fsp3) is 0.200. The predicted molar refractivity (Wildman–Crippen MR) is 104 cm³/mol. The first-order chi connectivity index (χ1) is 13.4. The molecule has 2 aromatic heterocycles. The first kappa shape index (κ1) is 18.4. The topological polar surface area (TPSA) is 44.9 Å². The lowest BCUT2D eigenvalue weighted by molar-refractivity contribution is -0.0504. The maximum atomic E-state index is 12.8. The molecule has 0 aliphatic carbocycles. The summed E-state index contributed by atoms with van der Waals surface area (Å²) in [5.74, 6) is 0.866. The lowest BCUT2D eigenvalue weighted by Crippen LogP contribution is -2.08. The molecular formula is C20H17ClF2N4O. The molecule has 28 heavy (non-hydrogen) atoms. The molecule has 0 unspecified atom stereocenters. The Balaban J connectivity index is 1.79. The Hall–Kier alpha value is -2.93. The molecule has 0 radical (unpaired) electrons. The van der Waals surface area contributed by atoms with E-state index in [0.29, 0.717) is 17.1 Å². The van der Waals surface area contributed by atoms with Gasteiger partial charge in [0.25, 0.3) is 0 Å². The van der Waals surface area contributed by atoms with Gasteiger partial charge in [0.05, 0.1) is 23.8 Å². The Bertz CT molecular complexity index is 1150. The third-order valence-corrected chi connectivity index (χ3v) is 4.78. The van der Waals surface area contributed by atoms with E-state index in [9.17, 15) is 8.78 Å². The second-order valence-corrected chi connectivity index (χ2v) is 6.92. The largest absolute Gasteiger partial charge is 0.434 e. The highest BCUT2D eigenvalue weighted by Crippen LogP contribution is 2.29. The van der Waals surface area contributed by atoms with Crippen molar-refractivity contribution >= 4 is 22.6 Å². The summed E-state index contributed by atoms with van der Waals surface area (Å²) in [4.78, 5) is 4.58. The van der Waals surface area contributed by atoms with Crippen molar-refractivity contribution in [1.82, 2.24) is 19.3 Å². The van der Waals surface area contributed by atoms with Crippen LogP contribution in [0.1, 0.15) is 11.4 Å². The van der Waals surface area contributed by atoms with Gasteiger partial charge in [-0.25, -0.2) is 4.98 Å². The molecule has 4 rings (SSSR count). The highest BCUT2D eigenvalue weighted by Gasteiger charge is 2.15. The van der Waals surface area contributed by atoms with E-state index in [1.807, 2.05) is 42.9 Å². The standard InChI is InChI=1S/C20H17ClF2N4O/c1-12-25-17-5-3-13(15-9-24-26(2)10-15)8-18(17)27(12)11-14-7-16(21)4-6-19(14)28-20(22)23/h3-10,20H,11H2,1-2H3. The number of fused-ring (bicyclic) bond motifs is 1. The molecule has 0 aliphatic rings. The van der Waals surface area contributed by atoms with Crippen molar-refractivity contribution in [2.24, 2.45) is 7.05 Å². The van der Waals surface area contributed by atoms with Gasteiger partial charge < -0.3 is 9.30 Å². The maximum absolute atomic E-state index is 12.8. The van der Waals surface area contributed by atoms with Crippen LogP contribution in [0, 0.1) is 6.92 Å². The molecule has 2 aromatic carbocycles. The lowest BCUT2D eigenvalue weighted by Gasteiger charge is -2.13. The van der Waals surface area contributed by atoms with E-state index in [1.54, 1.807) is 16.9 Å². The summed E-state index contributed by atoms with van der Waals surface area (Å²) >= 11 is 6.08. The second-order valence-electron chi connectivity index (χ2n) is 6.48. The molecule has 0 N–H and O–H groups in total. The summed E-state index contributed by atoms with van der Waals surface area (Å²) in [6, 6.07) is 10.6. The normalized spacial score (nSPS) is 11.5. The number of aromatic nitrogens is 4. The molecule has 0 bridgehead atoms. The van der Waals surface area contributed by atoms with E-state index >= 15 is 0 Å². The summed E-state index contributed by atoms with van der Waals surface area (Å²) < 4.78 is 33.9. The van der Waals surface area contributed by atoms with Gasteiger partial charge in [0.2, 0.25) is 0 Å². The minimum absolute atomic E-state index is 0.101. The molecule has 0 fully saturated rings. The Morgan fingerprint density at radius 2 is 1.96 bits per heavy atom. The highest BCUT2D eigenvalue weighted by molar-refractivity contribution is 6.30. The summed E-state index contributed by atoms with van der Waals surface area (Å²) in [7, 11) is 1.86. The van der Waals surface area contributed by atoms with Gasteiger partial charge in [-0.05, 0) is 42.8 Å². The van der Waals surface area contributed by atoms with Crippen LogP contribution in [-0.4, -0.2) is 25.9 Å². The van der Waals surface area contributed by atoms with E-state index in [-0.39, 0.29) is 5.75 Å². The van der Waals surface area contributed by atoms with Crippen LogP contribution < -0.4 is 4.74 Å².